The van der Waals surface area contributed by atoms with E-state index in [1.165, 1.54) is 41.2 Å². The second-order valence-corrected chi connectivity index (χ2v) is 10.2. The molecular weight excluding hydrogens is 518 g/mol. The van der Waals surface area contributed by atoms with E-state index in [1.807, 2.05) is 30.3 Å². The molecule has 1 N–H and O–H groups in total. The number of nitro benzene ring substituents is 1. The summed E-state index contributed by atoms with van der Waals surface area (Å²) in [4.78, 5) is 30.1. The molecule has 0 saturated heterocycles. The summed E-state index contributed by atoms with van der Waals surface area (Å²) in [5, 5.41) is 21.7. The molecule has 10 heteroatoms. The van der Waals surface area contributed by atoms with Gasteiger partial charge in [0.25, 0.3) is 11.2 Å². The maximum atomic E-state index is 13.9. The van der Waals surface area contributed by atoms with Crippen molar-refractivity contribution in [3.8, 4) is 17.2 Å². The van der Waals surface area contributed by atoms with Crippen molar-refractivity contribution in [2.24, 2.45) is 4.99 Å². The minimum atomic E-state index is -0.541. The van der Waals surface area contributed by atoms with Gasteiger partial charge in [-0.15, -0.1) is 0 Å². The number of non-ortho nitro benzene ring substituents is 1. The fraction of sp³-hybridized carbons (Fsp3) is 0.172. The zero-order valence-corrected chi connectivity index (χ0v) is 21.9. The van der Waals surface area contributed by atoms with Gasteiger partial charge < -0.3 is 14.6 Å². The molecule has 2 heterocycles. The molecule has 0 radical (unpaired) electrons. The highest BCUT2D eigenvalue weighted by molar-refractivity contribution is 7.07. The fourth-order valence-corrected chi connectivity index (χ4v) is 6.25. The van der Waals surface area contributed by atoms with Crippen LogP contribution >= 0.6 is 11.3 Å². The Morgan fingerprint density at radius 1 is 1.08 bits per heavy atom. The van der Waals surface area contributed by atoms with Gasteiger partial charge in [-0.05, 0) is 53.8 Å². The lowest BCUT2D eigenvalue weighted by Gasteiger charge is -2.31. The monoisotopic (exact) mass is 541 g/mol. The number of hydrogen-bond donors (Lipinski definition) is 1. The van der Waals surface area contributed by atoms with E-state index in [9.17, 15) is 20.0 Å². The second kappa shape index (κ2) is 9.55. The number of nitrogens with zero attached hydrogens (tertiary/aromatic N) is 3. The molecule has 3 aromatic carbocycles. The van der Waals surface area contributed by atoms with Gasteiger partial charge >= 0.3 is 0 Å². The minimum absolute atomic E-state index is 0.156. The first kappa shape index (κ1) is 24.6. The largest absolute Gasteiger partial charge is 0.507 e. The number of fused-ring (bicyclic) bond motifs is 3. The highest BCUT2D eigenvalue weighted by Gasteiger charge is 2.33. The number of hydrogen-bond acceptors (Lipinski definition) is 8. The van der Waals surface area contributed by atoms with Crippen LogP contribution in [0.15, 0.2) is 76.0 Å². The number of thiazole rings is 1. The number of ether oxygens (including phenoxy) is 2. The van der Waals surface area contributed by atoms with Crippen molar-refractivity contribution in [2.45, 2.75) is 18.9 Å². The minimum Gasteiger partial charge on any atom is -0.507 e. The van der Waals surface area contributed by atoms with Gasteiger partial charge in [-0.2, -0.15) is 0 Å². The van der Waals surface area contributed by atoms with E-state index in [0.29, 0.717) is 20.8 Å². The molecule has 0 fully saturated rings. The molecule has 39 heavy (non-hydrogen) atoms. The Bertz CT molecular complexity index is 1870. The number of methoxy groups -OCH3 is 2. The summed E-state index contributed by atoms with van der Waals surface area (Å²) in [5.41, 5.74) is 4.68. The summed E-state index contributed by atoms with van der Waals surface area (Å²) < 4.78 is 13.0. The highest BCUT2D eigenvalue weighted by Crippen LogP contribution is 2.42. The first-order valence-corrected chi connectivity index (χ1v) is 13.0. The predicted molar refractivity (Wildman–Crippen MR) is 147 cm³/mol. The summed E-state index contributed by atoms with van der Waals surface area (Å²) >= 11 is 1.18. The van der Waals surface area contributed by atoms with Gasteiger partial charge in [0.1, 0.15) is 5.75 Å². The van der Waals surface area contributed by atoms with Gasteiger partial charge in [0.15, 0.2) is 16.3 Å². The predicted octanol–water partition coefficient (Wildman–Crippen LogP) is 3.95. The molecule has 4 aromatic rings. The molecule has 0 bridgehead atoms. The van der Waals surface area contributed by atoms with Gasteiger partial charge in [0, 0.05) is 23.3 Å². The Hall–Kier alpha value is -4.70. The summed E-state index contributed by atoms with van der Waals surface area (Å²) in [7, 11) is 3.14. The van der Waals surface area contributed by atoms with E-state index in [-0.39, 0.29) is 22.6 Å². The number of phenols is 1. The molecule has 0 amide bonds. The zero-order valence-electron chi connectivity index (χ0n) is 21.1. The van der Waals surface area contributed by atoms with Crippen LogP contribution in [0.5, 0.6) is 17.2 Å². The maximum absolute atomic E-state index is 13.9. The molecule has 2 aliphatic rings. The van der Waals surface area contributed by atoms with Gasteiger partial charge in [-0.3, -0.25) is 19.5 Å². The van der Waals surface area contributed by atoms with E-state index in [2.05, 4.69) is 12.1 Å². The molecule has 1 atom stereocenters. The lowest BCUT2D eigenvalue weighted by molar-refractivity contribution is -0.384. The van der Waals surface area contributed by atoms with Crippen molar-refractivity contribution < 1.29 is 19.5 Å². The summed E-state index contributed by atoms with van der Waals surface area (Å²) in [5.74, 6) is 0.975. The molecular formula is C29H23N3O6S. The van der Waals surface area contributed by atoms with Gasteiger partial charge in [-0.25, -0.2) is 4.99 Å². The van der Waals surface area contributed by atoms with E-state index < -0.39 is 11.0 Å². The van der Waals surface area contributed by atoms with Crippen LogP contribution in [-0.4, -0.2) is 28.8 Å². The smallest absolute Gasteiger partial charge is 0.271 e. The number of allylic oxidation sites excluding steroid dienone is 1. The van der Waals surface area contributed by atoms with E-state index >= 15 is 0 Å². The van der Waals surface area contributed by atoms with Gasteiger partial charge in [0.05, 0.1) is 35.4 Å². The highest BCUT2D eigenvalue weighted by atomic mass is 32.1. The van der Waals surface area contributed by atoms with Gasteiger partial charge in [-0.1, -0.05) is 41.7 Å². The Morgan fingerprint density at radius 3 is 2.64 bits per heavy atom. The molecule has 9 nitrogen and oxygen atoms in total. The summed E-state index contributed by atoms with van der Waals surface area (Å²) in [6, 6.07) is 17.0. The topological polar surface area (TPSA) is 116 Å². The summed E-state index contributed by atoms with van der Waals surface area (Å²) in [6.45, 7) is 0. The molecule has 0 unspecified atom stereocenters. The number of benzene rings is 3. The van der Waals surface area contributed by atoms with Crippen LogP contribution in [0.4, 0.5) is 5.69 Å². The molecule has 1 aliphatic heterocycles. The Labute approximate surface area is 226 Å². The van der Waals surface area contributed by atoms with Crippen LogP contribution in [0.1, 0.15) is 34.7 Å². The summed E-state index contributed by atoms with van der Waals surface area (Å²) in [6.07, 6.45) is 3.03. The van der Waals surface area contributed by atoms with E-state index in [4.69, 9.17) is 14.5 Å². The number of aromatic nitrogens is 1. The van der Waals surface area contributed by atoms with E-state index in [1.54, 1.807) is 18.8 Å². The van der Waals surface area contributed by atoms with Crippen molar-refractivity contribution >= 4 is 28.8 Å². The van der Waals surface area contributed by atoms with Crippen LogP contribution in [0.25, 0.3) is 11.8 Å². The normalized spacial score (nSPS) is 16.2. The third-order valence-electron chi connectivity index (χ3n) is 7.10. The average molecular weight is 542 g/mol. The van der Waals surface area contributed by atoms with Crippen molar-refractivity contribution in [3.63, 3.8) is 0 Å². The van der Waals surface area contributed by atoms with Crippen molar-refractivity contribution in [1.29, 1.82) is 0 Å². The number of rotatable bonds is 5. The molecule has 0 saturated carbocycles. The number of aromatic hydroxyl groups is 1. The number of nitro groups is 1. The average Bonchev–Trinajstić information content (AvgIpc) is 3.26. The van der Waals surface area contributed by atoms with Crippen molar-refractivity contribution in [2.75, 3.05) is 14.2 Å². The lowest BCUT2D eigenvalue weighted by Crippen LogP contribution is -2.38. The van der Waals surface area contributed by atoms with Crippen molar-refractivity contribution in [1.82, 2.24) is 4.57 Å². The fourth-order valence-electron chi connectivity index (χ4n) is 5.26. The van der Waals surface area contributed by atoms with Gasteiger partial charge in [0.2, 0.25) is 0 Å². The first-order valence-electron chi connectivity index (χ1n) is 12.2. The van der Waals surface area contributed by atoms with E-state index in [0.717, 1.165) is 35.2 Å². The van der Waals surface area contributed by atoms with Crippen LogP contribution in [0, 0.1) is 10.1 Å². The maximum Gasteiger partial charge on any atom is 0.271 e. The molecule has 6 rings (SSSR count). The Kier molecular flexibility index (Phi) is 6.03. The zero-order chi connectivity index (χ0) is 27.3. The Morgan fingerprint density at radius 2 is 1.87 bits per heavy atom. The molecule has 1 aliphatic carbocycles. The number of phenolic OH excluding ortho intramolecular Hbond substituents is 1. The molecule has 0 spiro atoms. The van der Waals surface area contributed by atoms with Crippen molar-refractivity contribution in [3.05, 3.63) is 118 Å². The number of aryl methyl sites for hydroxylation is 1. The SMILES string of the molecule is COc1ccc([C@@H]2C3=C(N=c4s/c(=C/c5cc([N+](=O)[O-])ccc5O)c(=O)n42)c2ccccc2CC3)cc1OC. The second-order valence-electron chi connectivity index (χ2n) is 9.23. The third-order valence-corrected chi connectivity index (χ3v) is 8.09. The van der Waals surface area contributed by atoms with Crippen LogP contribution in [0.3, 0.4) is 0 Å². The Balaban J connectivity index is 1.62. The van der Waals surface area contributed by atoms with Crippen LogP contribution in [-0.2, 0) is 6.42 Å². The standard InChI is InChI=1S/C29H23N3O6S/c1-37-23-12-8-17(14-24(23)38-2)27-21-10-7-16-5-3-4-6-20(16)26(21)30-29-31(27)28(34)25(39-29)15-18-13-19(32(35)36)9-11-22(18)33/h3-6,8-9,11-15,27,33H,7,10H2,1-2H3/b25-15+/t27-/m1/s1. The lowest BCUT2D eigenvalue weighted by atomic mass is 9.83. The quantitative estimate of drug-likeness (QED) is 0.302. The van der Waals surface area contributed by atoms with Crippen LogP contribution in [0.2, 0.25) is 0 Å². The third kappa shape index (κ3) is 4.09. The molecule has 196 valence electrons. The first-order chi connectivity index (χ1) is 18.9. The molecule has 1 aromatic heterocycles. The van der Waals surface area contributed by atoms with Crippen LogP contribution < -0.4 is 24.4 Å².